The average molecular weight is 230 g/mol. The van der Waals surface area contributed by atoms with Gasteiger partial charge < -0.3 is 4.79 Å². The van der Waals surface area contributed by atoms with Crippen molar-refractivity contribution in [1.82, 2.24) is 9.55 Å². The van der Waals surface area contributed by atoms with Gasteiger partial charge in [0.2, 0.25) is 0 Å². The minimum absolute atomic E-state index is 0.394. The van der Waals surface area contributed by atoms with Gasteiger partial charge in [0.15, 0.2) is 0 Å². The van der Waals surface area contributed by atoms with Crippen molar-refractivity contribution in [2.24, 2.45) is 0 Å². The van der Waals surface area contributed by atoms with Gasteiger partial charge in [-0.25, -0.2) is 4.79 Å². The minimum Gasteiger partial charge on any atom is -0.301 e. The van der Waals surface area contributed by atoms with Crippen molar-refractivity contribution in [3.63, 3.8) is 0 Å². The molecule has 5 heteroatoms. The molecule has 86 valence electrons. The van der Waals surface area contributed by atoms with Crippen LogP contribution in [0.25, 0.3) is 10.9 Å². The molecule has 0 radical (unpaired) electrons. The number of benzene rings is 1. The third-order valence-electron chi connectivity index (χ3n) is 3.24. The van der Waals surface area contributed by atoms with Gasteiger partial charge in [-0.05, 0) is 24.5 Å². The number of aldehydes is 1. The highest BCUT2D eigenvalue weighted by molar-refractivity contribution is 5.83. The Bertz CT molecular complexity index is 727. The molecule has 0 spiro atoms. The first-order valence-electron chi connectivity index (χ1n) is 5.44. The van der Waals surface area contributed by atoms with Gasteiger partial charge in [0.05, 0.1) is 16.9 Å². The third kappa shape index (κ3) is 1.28. The zero-order valence-electron chi connectivity index (χ0n) is 8.97. The van der Waals surface area contributed by atoms with E-state index in [1.807, 2.05) is 6.07 Å². The number of hydrogen-bond acceptors (Lipinski definition) is 3. The molecule has 1 N–H and O–H groups in total. The molecule has 0 amide bonds. The Kier molecular flexibility index (Phi) is 2.01. The summed E-state index contributed by atoms with van der Waals surface area (Å²) < 4.78 is 1.39. The maximum atomic E-state index is 11.8. The van der Waals surface area contributed by atoms with Gasteiger partial charge in [0.25, 0.3) is 5.56 Å². The van der Waals surface area contributed by atoms with Crippen molar-refractivity contribution in [2.45, 2.75) is 18.9 Å². The van der Waals surface area contributed by atoms with Crippen molar-refractivity contribution in [3.8, 4) is 0 Å². The minimum atomic E-state index is -0.508. The molecule has 1 unspecified atom stereocenters. The molecule has 2 aromatic rings. The fourth-order valence-electron chi connectivity index (χ4n) is 2.46. The van der Waals surface area contributed by atoms with Crippen LogP contribution >= 0.6 is 0 Å². The lowest BCUT2D eigenvalue weighted by Gasteiger charge is -2.23. The largest absolute Gasteiger partial charge is 0.329 e. The standard InChI is InChI=1S/C12H10N2O3/c15-6-8-5-4-7-2-1-3-9-10(7)14(8)12(17)13-11(9)16/h1-3,6,8H,4-5H2,(H,13,16,17). The second-order valence-corrected chi connectivity index (χ2v) is 4.18. The number of hydrogen-bond donors (Lipinski definition) is 1. The summed E-state index contributed by atoms with van der Waals surface area (Å²) in [7, 11) is 0. The number of aryl methyl sites for hydroxylation is 1. The van der Waals surface area contributed by atoms with Crippen molar-refractivity contribution in [3.05, 3.63) is 44.6 Å². The lowest BCUT2D eigenvalue weighted by atomic mass is 9.98. The van der Waals surface area contributed by atoms with Crippen LogP contribution in [-0.4, -0.2) is 15.8 Å². The normalized spacial score (nSPS) is 18.2. The monoisotopic (exact) mass is 230 g/mol. The second-order valence-electron chi connectivity index (χ2n) is 4.18. The molecule has 0 aliphatic carbocycles. The second kappa shape index (κ2) is 3.41. The Morgan fingerprint density at radius 2 is 2.18 bits per heavy atom. The van der Waals surface area contributed by atoms with Crippen molar-refractivity contribution >= 4 is 17.2 Å². The van der Waals surface area contributed by atoms with E-state index in [1.54, 1.807) is 12.1 Å². The Labute approximate surface area is 95.7 Å². The van der Waals surface area contributed by atoms with E-state index < -0.39 is 17.3 Å². The van der Waals surface area contributed by atoms with Crippen LogP contribution in [0.1, 0.15) is 18.0 Å². The summed E-state index contributed by atoms with van der Waals surface area (Å²) in [4.78, 5) is 36.7. The molecule has 1 aromatic carbocycles. The van der Waals surface area contributed by atoms with Crippen LogP contribution in [0.5, 0.6) is 0 Å². The van der Waals surface area contributed by atoms with E-state index in [4.69, 9.17) is 0 Å². The molecule has 1 aliphatic heterocycles. The van der Waals surface area contributed by atoms with E-state index in [9.17, 15) is 14.4 Å². The van der Waals surface area contributed by atoms with Crippen LogP contribution < -0.4 is 11.2 Å². The van der Waals surface area contributed by atoms with Crippen LogP contribution in [0.15, 0.2) is 27.8 Å². The Morgan fingerprint density at radius 1 is 1.35 bits per heavy atom. The summed E-state index contributed by atoms with van der Waals surface area (Å²) in [5.74, 6) is 0. The van der Waals surface area contributed by atoms with Gasteiger partial charge in [-0.15, -0.1) is 0 Å². The van der Waals surface area contributed by atoms with Gasteiger partial charge in [-0.1, -0.05) is 12.1 Å². The van der Waals surface area contributed by atoms with Crippen molar-refractivity contribution in [2.75, 3.05) is 0 Å². The summed E-state index contributed by atoms with van der Waals surface area (Å²) in [6, 6.07) is 4.87. The fourth-order valence-corrected chi connectivity index (χ4v) is 2.46. The average Bonchev–Trinajstić information content (AvgIpc) is 2.35. The Balaban J connectivity index is 2.58. The van der Waals surface area contributed by atoms with Gasteiger partial charge >= 0.3 is 5.69 Å². The first kappa shape index (κ1) is 10.0. The molecule has 17 heavy (non-hydrogen) atoms. The highest BCUT2D eigenvalue weighted by atomic mass is 16.2. The quantitative estimate of drug-likeness (QED) is 0.720. The Morgan fingerprint density at radius 3 is 2.94 bits per heavy atom. The van der Waals surface area contributed by atoms with Crippen molar-refractivity contribution < 1.29 is 4.79 Å². The predicted octanol–water partition coefficient (Wildman–Crippen LogP) is 0.376. The van der Waals surface area contributed by atoms with Gasteiger partial charge in [-0.2, -0.15) is 0 Å². The number of aromatic amines is 1. The molecule has 0 saturated heterocycles. The molecule has 2 heterocycles. The van der Waals surface area contributed by atoms with Gasteiger partial charge in [0.1, 0.15) is 6.29 Å². The summed E-state index contributed by atoms with van der Waals surface area (Å²) in [6.07, 6.45) is 2.07. The van der Waals surface area contributed by atoms with Gasteiger partial charge in [-0.3, -0.25) is 14.3 Å². The lowest BCUT2D eigenvalue weighted by Crippen LogP contribution is -2.36. The number of nitrogens with zero attached hydrogens (tertiary/aromatic N) is 1. The van der Waals surface area contributed by atoms with E-state index in [0.717, 1.165) is 11.8 Å². The summed E-state index contributed by atoms with van der Waals surface area (Å²) in [5.41, 5.74) is 0.648. The van der Waals surface area contributed by atoms with Crippen LogP contribution in [0, 0.1) is 0 Å². The Hall–Kier alpha value is -2.17. The number of carbonyl (C=O) groups is 1. The summed E-state index contributed by atoms with van der Waals surface area (Å²) >= 11 is 0. The molecule has 1 aliphatic rings. The van der Waals surface area contributed by atoms with Crippen molar-refractivity contribution in [1.29, 1.82) is 0 Å². The maximum Gasteiger partial charge on any atom is 0.329 e. The van der Waals surface area contributed by atoms with E-state index in [1.165, 1.54) is 4.57 Å². The molecular weight excluding hydrogens is 220 g/mol. The van der Waals surface area contributed by atoms with E-state index in [2.05, 4.69) is 4.98 Å². The zero-order valence-corrected chi connectivity index (χ0v) is 8.97. The lowest BCUT2D eigenvalue weighted by molar-refractivity contribution is -0.110. The molecule has 1 atom stereocenters. The number of nitrogens with one attached hydrogen (secondary N) is 1. The first-order valence-corrected chi connectivity index (χ1v) is 5.44. The number of para-hydroxylation sites is 1. The topological polar surface area (TPSA) is 71.9 Å². The number of H-pyrrole nitrogens is 1. The predicted molar refractivity (Wildman–Crippen MR) is 62.3 cm³/mol. The van der Waals surface area contributed by atoms with Crippen LogP contribution in [0.4, 0.5) is 0 Å². The molecule has 0 saturated carbocycles. The summed E-state index contributed by atoms with van der Waals surface area (Å²) in [5, 5.41) is 0.466. The maximum absolute atomic E-state index is 11.8. The summed E-state index contributed by atoms with van der Waals surface area (Å²) in [6.45, 7) is 0. The van der Waals surface area contributed by atoms with Crippen LogP contribution in [0.3, 0.4) is 0 Å². The molecule has 3 rings (SSSR count). The molecule has 1 aromatic heterocycles. The first-order chi connectivity index (χ1) is 8.22. The molecule has 5 nitrogen and oxygen atoms in total. The fraction of sp³-hybridized carbons (Fsp3) is 0.250. The molecule has 0 fully saturated rings. The van der Waals surface area contributed by atoms with E-state index >= 15 is 0 Å². The van der Waals surface area contributed by atoms with Crippen LogP contribution in [-0.2, 0) is 11.2 Å². The highest BCUT2D eigenvalue weighted by Crippen LogP contribution is 2.26. The molecular formula is C12H10N2O3. The third-order valence-corrected chi connectivity index (χ3v) is 3.24. The van der Waals surface area contributed by atoms with E-state index in [-0.39, 0.29) is 0 Å². The zero-order chi connectivity index (χ0) is 12.0. The van der Waals surface area contributed by atoms with Crippen LogP contribution in [0.2, 0.25) is 0 Å². The van der Waals surface area contributed by atoms with Gasteiger partial charge in [0, 0.05) is 0 Å². The van der Waals surface area contributed by atoms with E-state index in [0.29, 0.717) is 23.7 Å². The number of rotatable bonds is 1. The SMILES string of the molecule is O=CC1CCc2cccc3c(=O)[nH]c(=O)n1c23. The molecule has 0 bridgehead atoms. The number of carbonyl (C=O) groups excluding carboxylic acids is 1. The number of aromatic nitrogens is 2. The highest BCUT2D eigenvalue weighted by Gasteiger charge is 2.22. The smallest absolute Gasteiger partial charge is 0.301 e.